The van der Waals surface area contributed by atoms with Crippen LogP contribution in [-0.4, -0.2) is 37.8 Å². The average Bonchev–Trinajstić information content (AvgIpc) is 3.22. The van der Waals surface area contributed by atoms with Crippen LogP contribution in [0.25, 0.3) is 10.2 Å². The number of carbonyl (C=O) groups excluding carboxylic acids is 3. The first-order valence-corrected chi connectivity index (χ1v) is 13.1. The van der Waals surface area contributed by atoms with E-state index in [1.807, 2.05) is 6.07 Å². The molecule has 0 aliphatic rings. The van der Waals surface area contributed by atoms with E-state index in [9.17, 15) is 22.8 Å². The molecule has 0 saturated carbocycles. The normalized spacial score (nSPS) is 12.0. The van der Waals surface area contributed by atoms with Gasteiger partial charge in [-0.25, -0.2) is 13.6 Å². The number of nitrogens with zero attached hydrogens (tertiary/aromatic N) is 2. The molecule has 2 N–H and O–H groups in total. The van der Waals surface area contributed by atoms with E-state index >= 15 is 0 Å². The number of rotatable bonds is 7. The van der Waals surface area contributed by atoms with Crippen LogP contribution in [0.1, 0.15) is 32.7 Å². The van der Waals surface area contributed by atoms with Crippen molar-refractivity contribution in [3.63, 3.8) is 0 Å². The summed E-state index contributed by atoms with van der Waals surface area (Å²) in [5, 5.41) is 5.24. The molecule has 3 aromatic carbocycles. The Labute approximate surface area is 210 Å². The third-order valence-corrected chi connectivity index (χ3v) is 7.33. The van der Waals surface area contributed by atoms with Crippen molar-refractivity contribution in [2.75, 3.05) is 7.11 Å². The van der Waals surface area contributed by atoms with Crippen molar-refractivity contribution in [1.82, 2.24) is 4.57 Å². The summed E-state index contributed by atoms with van der Waals surface area (Å²) in [6, 6.07) is 19.3. The molecule has 1 heterocycles. The van der Waals surface area contributed by atoms with E-state index in [1.54, 1.807) is 47.0 Å². The topological polar surface area (TPSA) is 138 Å². The minimum absolute atomic E-state index is 0.0247. The van der Waals surface area contributed by atoms with Gasteiger partial charge in [0.05, 0.1) is 28.6 Å². The lowest BCUT2D eigenvalue weighted by Gasteiger charge is -2.05. The van der Waals surface area contributed by atoms with Crippen molar-refractivity contribution in [3.05, 3.63) is 94.3 Å². The maximum absolute atomic E-state index is 12.9. The van der Waals surface area contributed by atoms with Crippen LogP contribution in [0.3, 0.4) is 0 Å². The SMILES string of the molecule is COC(=O)CCn1c(=NC(=O)c2ccc(C(=O)c3ccccc3)cc2)sc2cc(S(N)(=O)=O)ccc21. The minimum atomic E-state index is -3.93. The van der Waals surface area contributed by atoms with Crippen LogP contribution in [0.4, 0.5) is 0 Å². The summed E-state index contributed by atoms with van der Waals surface area (Å²) in [7, 11) is -2.65. The number of benzene rings is 3. The summed E-state index contributed by atoms with van der Waals surface area (Å²) in [6.07, 6.45) is 0.0247. The highest BCUT2D eigenvalue weighted by atomic mass is 32.2. The maximum Gasteiger partial charge on any atom is 0.307 e. The van der Waals surface area contributed by atoms with E-state index in [2.05, 4.69) is 4.99 Å². The van der Waals surface area contributed by atoms with E-state index in [0.717, 1.165) is 11.3 Å². The maximum atomic E-state index is 12.9. The molecule has 9 nitrogen and oxygen atoms in total. The molecule has 4 rings (SSSR count). The number of hydrogen-bond acceptors (Lipinski definition) is 7. The predicted octanol–water partition coefficient (Wildman–Crippen LogP) is 2.89. The Bertz CT molecular complexity index is 1640. The van der Waals surface area contributed by atoms with Gasteiger partial charge in [0.15, 0.2) is 10.6 Å². The zero-order valence-electron chi connectivity index (χ0n) is 19.1. The van der Waals surface area contributed by atoms with Gasteiger partial charge in [-0.15, -0.1) is 0 Å². The van der Waals surface area contributed by atoms with Gasteiger partial charge in [0, 0.05) is 23.2 Å². The molecule has 11 heteroatoms. The van der Waals surface area contributed by atoms with Gasteiger partial charge in [-0.3, -0.25) is 14.4 Å². The fraction of sp³-hybridized carbons (Fsp3) is 0.120. The fourth-order valence-electron chi connectivity index (χ4n) is 3.51. The molecule has 0 radical (unpaired) electrons. The minimum Gasteiger partial charge on any atom is -0.469 e. The Balaban J connectivity index is 1.70. The summed E-state index contributed by atoms with van der Waals surface area (Å²) in [4.78, 5) is 41.7. The molecule has 0 unspecified atom stereocenters. The molecule has 0 fully saturated rings. The number of amides is 1. The summed E-state index contributed by atoms with van der Waals surface area (Å²) in [6.45, 7) is 0.165. The van der Waals surface area contributed by atoms with Crippen molar-refractivity contribution < 1.29 is 27.5 Å². The number of fused-ring (bicyclic) bond motifs is 1. The lowest BCUT2D eigenvalue weighted by atomic mass is 10.0. The molecule has 0 saturated heterocycles. The lowest BCUT2D eigenvalue weighted by Crippen LogP contribution is -2.19. The lowest BCUT2D eigenvalue weighted by molar-refractivity contribution is -0.140. The Kier molecular flexibility index (Phi) is 7.25. The number of aromatic nitrogens is 1. The largest absolute Gasteiger partial charge is 0.469 e. The van der Waals surface area contributed by atoms with E-state index in [-0.39, 0.29) is 34.0 Å². The number of ketones is 1. The molecular formula is C25H21N3O6S2. The molecule has 0 atom stereocenters. The van der Waals surface area contributed by atoms with Gasteiger partial charge >= 0.3 is 5.97 Å². The van der Waals surface area contributed by atoms with Crippen molar-refractivity contribution in [2.24, 2.45) is 10.1 Å². The third kappa shape index (κ3) is 5.48. The second kappa shape index (κ2) is 10.4. The zero-order chi connectivity index (χ0) is 25.9. The van der Waals surface area contributed by atoms with Crippen molar-refractivity contribution in [1.29, 1.82) is 0 Å². The molecule has 0 spiro atoms. The molecule has 1 aromatic heterocycles. The zero-order valence-corrected chi connectivity index (χ0v) is 20.7. The van der Waals surface area contributed by atoms with Gasteiger partial charge in [-0.1, -0.05) is 53.8 Å². The first-order chi connectivity index (χ1) is 17.2. The Morgan fingerprint density at radius 1 is 0.944 bits per heavy atom. The third-order valence-electron chi connectivity index (χ3n) is 5.38. The van der Waals surface area contributed by atoms with Gasteiger partial charge in [0.25, 0.3) is 5.91 Å². The number of ether oxygens (including phenoxy) is 1. The fourth-order valence-corrected chi connectivity index (χ4v) is 5.22. The molecule has 4 aromatic rings. The molecule has 0 aliphatic heterocycles. The van der Waals surface area contributed by atoms with Crippen LogP contribution >= 0.6 is 11.3 Å². The molecule has 0 bridgehead atoms. The number of carbonyl (C=O) groups is 3. The van der Waals surface area contributed by atoms with E-state index in [0.29, 0.717) is 21.3 Å². The van der Waals surface area contributed by atoms with Gasteiger partial charge in [0.1, 0.15) is 0 Å². The summed E-state index contributed by atoms with van der Waals surface area (Å²) in [5.74, 6) is -1.17. The van der Waals surface area contributed by atoms with Crippen molar-refractivity contribution >= 4 is 49.2 Å². The monoisotopic (exact) mass is 523 g/mol. The second-order valence-corrected chi connectivity index (χ2v) is 10.3. The van der Waals surface area contributed by atoms with Crippen molar-refractivity contribution in [3.8, 4) is 0 Å². The first-order valence-electron chi connectivity index (χ1n) is 10.7. The first kappa shape index (κ1) is 25.2. The molecule has 1 amide bonds. The molecular weight excluding hydrogens is 502 g/mol. The Morgan fingerprint density at radius 3 is 2.22 bits per heavy atom. The number of aryl methyl sites for hydroxylation is 1. The van der Waals surface area contributed by atoms with Crippen LogP contribution < -0.4 is 9.94 Å². The average molecular weight is 524 g/mol. The smallest absolute Gasteiger partial charge is 0.307 e. The molecule has 0 aliphatic carbocycles. The highest BCUT2D eigenvalue weighted by Gasteiger charge is 2.15. The van der Waals surface area contributed by atoms with E-state index in [1.165, 1.54) is 31.4 Å². The number of sulfonamides is 1. The quantitative estimate of drug-likeness (QED) is 0.292. The van der Waals surface area contributed by atoms with Crippen LogP contribution in [0.2, 0.25) is 0 Å². The van der Waals surface area contributed by atoms with E-state index < -0.39 is 21.9 Å². The Morgan fingerprint density at radius 2 is 1.58 bits per heavy atom. The van der Waals surface area contributed by atoms with Crippen LogP contribution in [0.15, 0.2) is 82.7 Å². The number of thiazole rings is 1. The predicted molar refractivity (Wildman–Crippen MR) is 134 cm³/mol. The highest BCUT2D eigenvalue weighted by Crippen LogP contribution is 2.22. The van der Waals surface area contributed by atoms with E-state index in [4.69, 9.17) is 9.88 Å². The Hall–Kier alpha value is -3.93. The van der Waals surface area contributed by atoms with Crippen molar-refractivity contribution in [2.45, 2.75) is 17.9 Å². The number of nitrogens with two attached hydrogens (primary N) is 1. The standard InChI is InChI=1S/C25H21N3O6S2/c1-34-22(29)13-14-28-20-12-11-19(36(26,32)33)15-21(20)35-25(28)27-24(31)18-9-7-17(8-10-18)23(30)16-5-3-2-4-6-16/h2-12,15H,13-14H2,1H3,(H2,26,32,33). The van der Waals surface area contributed by atoms with Gasteiger partial charge in [-0.2, -0.15) is 4.99 Å². The second-order valence-electron chi connectivity index (χ2n) is 7.73. The van der Waals surface area contributed by atoms with Crippen LogP contribution in [-0.2, 0) is 26.1 Å². The summed E-state index contributed by atoms with van der Waals surface area (Å²) < 4.78 is 30.4. The molecule has 184 valence electrons. The number of primary sulfonamides is 1. The number of hydrogen-bond donors (Lipinski definition) is 1. The molecule has 36 heavy (non-hydrogen) atoms. The van der Waals surface area contributed by atoms with Gasteiger partial charge in [0.2, 0.25) is 10.0 Å². The van der Waals surface area contributed by atoms with Gasteiger partial charge < -0.3 is 9.30 Å². The summed E-state index contributed by atoms with van der Waals surface area (Å²) >= 11 is 1.09. The number of methoxy groups -OCH3 is 1. The number of esters is 1. The van der Waals surface area contributed by atoms with Crippen LogP contribution in [0, 0.1) is 0 Å². The highest BCUT2D eigenvalue weighted by molar-refractivity contribution is 7.89. The van der Waals surface area contributed by atoms with Crippen LogP contribution in [0.5, 0.6) is 0 Å². The summed E-state index contributed by atoms with van der Waals surface area (Å²) in [5.41, 5.74) is 1.83. The van der Waals surface area contributed by atoms with Gasteiger partial charge in [-0.05, 0) is 30.3 Å².